The number of aryl methyl sites for hydroxylation is 1. The molecule has 1 saturated carbocycles. The van der Waals surface area contributed by atoms with Crippen molar-refractivity contribution in [3.63, 3.8) is 0 Å². The lowest BCUT2D eigenvalue weighted by molar-refractivity contribution is -0.144. The van der Waals surface area contributed by atoms with Crippen LogP contribution in [0.3, 0.4) is 0 Å². The molecule has 0 spiro atoms. The first-order valence-electron chi connectivity index (χ1n) is 10.4. The molecule has 5 heteroatoms. The largest absolute Gasteiger partial charge is 0.342 e. The number of piperidine rings is 1. The Labute approximate surface area is 158 Å². The third-order valence-corrected chi connectivity index (χ3v) is 6.37. The Morgan fingerprint density at radius 2 is 1.92 bits per heavy atom. The van der Waals surface area contributed by atoms with E-state index in [2.05, 4.69) is 46.6 Å². The van der Waals surface area contributed by atoms with Gasteiger partial charge in [-0.2, -0.15) is 0 Å². The van der Waals surface area contributed by atoms with Gasteiger partial charge in [0.15, 0.2) is 0 Å². The average molecular weight is 361 g/mol. The lowest BCUT2D eigenvalue weighted by atomic mass is 9.74. The highest BCUT2D eigenvalue weighted by Crippen LogP contribution is 2.39. The predicted octanol–water partition coefficient (Wildman–Crippen LogP) is 3.51. The van der Waals surface area contributed by atoms with Gasteiger partial charge in [-0.25, -0.2) is 4.98 Å². The minimum Gasteiger partial charge on any atom is -0.342 e. The van der Waals surface area contributed by atoms with Crippen molar-refractivity contribution in [3.8, 4) is 0 Å². The van der Waals surface area contributed by atoms with Crippen molar-refractivity contribution < 1.29 is 4.79 Å². The summed E-state index contributed by atoms with van der Waals surface area (Å²) >= 11 is 0. The minimum absolute atomic E-state index is 0.101. The van der Waals surface area contributed by atoms with Gasteiger partial charge in [0, 0.05) is 43.4 Å². The zero-order chi connectivity index (χ0) is 18.6. The summed E-state index contributed by atoms with van der Waals surface area (Å²) in [4.78, 5) is 22.1. The second-order valence-electron chi connectivity index (χ2n) is 8.82. The van der Waals surface area contributed by atoms with Gasteiger partial charge in [-0.05, 0) is 52.7 Å². The summed E-state index contributed by atoms with van der Waals surface area (Å²) in [5.74, 6) is 2.12. The summed E-state index contributed by atoms with van der Waals surface area (Å²) in [7, 11) is 4.24. The van der Waals surface area contributed by atoms with Crippen molar-refractivity contribution >= 4 is 5.91 Å². The molecule has 1 aromatic heterocycles. The normalized spacial score (nSPS) is 21.3. The molecule has 1 saturated heterocycles. The molecule has 0 aromatic carbocycles. The van der Waals surface area contributed by atoms with Gasteiger partial charge in [0.2, 0.25) is 5.91 Å². The van der Waals surface area contributed by atoms with Gasteiger partial charge in [-0.15, -0.1) is 0 Å². The molecule has 26 heavy (non-hydrogen) atoms. The number of rotatable bonds is 6. The summed E-state index contributed by atoms with van der Waals surface area (Å²) in [5, 5.41) is 0. The molecule has 0 bridgehead atoms. The van der Waals surface area contributed by atoms with Crippen molar-refractivity contribution in [2.45, 2.75) is 70.8 Å². The Bertz CT molecular complexity index is 581. The van der Waals surface area contributed by atoms with Crippen LogP contribution >= 0.6 is 0 Å². The van der Waals surface area contributed by atoms with E-state index in [4.69, 9.17) is 0 Å². The molecule has 0 atom stereocenters. The van der Waals surface area contributed by atoms with E-state index in [9.17, 15) is 4.79 Å². The van der Waals surface area contributed by atoms with Crippen LogP contribution in [-0.4, -0.2) is 59.0 Å². The number of amides is 1. The van der Waals surface area contributed by atoms with Crippen molar-refractivity contribution in [1.82, 2.24) is 19.4 Å². The highest BCUT2D eigenvalue weighted by Gasteiger charge is 2.39. The van der Waals surface area contributed by atoms with Crippen LogP contribution in [0.1, 0.15) is 70.0 Å². The number of hydrogen-bond donors (Lipinski definition) is 0. The molecule has 2 fully saturated rings. The molecule has 0 N–H and O–H groups in total. The lowest BCUT2D eigenvalue weighted by Crippen LogP contribution is -2.46. The molecule has 2 heterocycles. The standard InChI is InChI=1S/C21H36N4O/c1-21(10-5-4-6-11-21)20(26)25-15-8-18(9-16-25)19-22-12-17-24(19)14-7-13-23(2)3/h12,17-18H,4-11,13-16H2,1-3H3. The molecule has 1 aliphatic carbocycles. The third kappa shape index (κ3) is 4.48. The van der Waals surface area contributed by atoms with E-state index < -0.39 is 0 Å². The minimum atomic E-state index is -0.101. The van der Waals surface area contributed by atoms with E-state index in [1.54, 1.807) is 0 Å². The van der Waals surface area contributed by atoms with E-state index in [-0.39, 0.29) is 5.41 Å². The van der Waals surface area contributed by atoms with Crippen LogP contribution in [0.15, 0.2) is 12.4 Å². The fourth-order valence-electron chi connectivity index (χ4n) is 4.70. The summed E-state index contributed by atoms with van der Waals surface area (Å²) in [5.41, 5.74) is -0.101. The monoisotopic (exact) mass is 360 g/mol. The molecule has 2 aliphatic rings. The van der Waals surface area contributed by atoms with E-state index in [0.29, 0.717) is 11.8 Å². The van der Waals surface area contributed by atoms with E-state index in [1.165, 1.54) is 25.1 Å². The Kier molecular flexibility index (Phi) is 6.38. The highest BCUT2D eigenvalue weighted by molar-refractivity contribution is 5.82. The average Bonchev–Trinajstić information content (AvgIpc) is 3.10. The second kappa shape index (κ2) is 8.55. The molecule has 5 nitrogen and oxygen atoms in total. The maximum absolute atomic E-state index is 13.0. The topological polar surface area (TPSA) is 41.4 Å². The van der Waals surface area contributed by atoms with Crippen LogP contribution < -0.4 is 0 Å². The predicted molar refractivity (Wildman–Crippen MR) is 105 cm³/mol. The van der Waals surface area contributed by atoms with Crippen molar-refractivity contribution in [1.29, 1.82) is 0 Å². The first-order valence-corrected chi connectivity index (χ1v) is 10.4. The summed E-state index contributed by atoms with van der Waals surface area (Å²) in [6.45, 7) is 6.11. The van der Waals surface area contributed by atoms with Crippen LogP contribution in [0.25, 0.3) is 0 Å². The maximum Gasteiger partial charge on any atom is 0.228 e. The number of hydrogen-bond acceptors (Lipinski definition) is 3. The molecule has 1 amide bonds. The first-order chi connectivity index (χ1) is 12.5. The maximum atomic E-state index is 13.0. The fourth-order valence-corrected chi connectivity index (χ4v) is 4.70. The summed E-state index contributed by atoms with van der Waals surface area (Å²) in [6, 6.07) is 0. The molecular weight excluding hydrogens is 324 g/mol. The second-order valence-corrected chi connectivity index (χ2v) is 8.82. The Balaban J connectivity index is 1.54. The molecule has 3 rings (SSSR count). The molecule has 146 valence electrons. The van der Waals surface area contributed by atoms with Gasteiger partial charge in [-0.3, -0.25) is 4.79 Å². The first kappa shape index (κ1) is 19.4. The van der Waals surface area contributed by atoms with Crippen LogP contribution in [0, 0.1) is 5.41 Å². The molecular formula is C21H36N4O. The van der Waals surface area contributed by atoms with E-state index in [0.717, 1.165) is 58.3 Å². The van der Waals surface area contributed by atoms with Gasteiger partial charge < -0.3 is 14.4 Å². The zero-order valence-electron chi connectivity index (χ0n) is 16.9. The summed E-state index contributed by atoms with van der Waals surface area (Å²) < 4.78 is 2.33. The number of imidazole rings is 1. The van der Waals surface area contributed by atoms with Crippen LogP contribution in [0.4, 0.5) is 0 Å². The molecule has 1 aliphatic heterocycles. The quantitative estimate of drug-likeness (QED) is 0.779. The number of likely N-dealkylation sites (tertiary alicyclic amines) is 1. The van der Waals surface area contributed by atoms with E-state index >= 15 is 0 Å². The van der Waals surface area contributed by atoms with Gasteiger partial charge >= 0.3 is 0 Å². The Hall–Kier alpha value is -1.36. The van der Waals surface area contributed by atoms with E-state index in [1.807, 2.05) is 6.20 Å². The van der Waals surface area contributed by atoms with Crippen LogP contribution in [-0.2, 0) is 11.3 Å². The number of carbonyl (C=O) groups excluding carboxylic acids is 1. The molecule has 0 unspecified atom stereocenters. The summed E-state index contributed by atoms with van der Waals surface area (Å²) in [6.07, 6.45) is 13.2. The van der Waals surface area contributed by atoms with Gasteiger partial charge in [0.25, 0.3) is 0 Å². The molecule has 1 aromatic rings. The smallest absolute Gasteiger partial charge is 0.228 e. The zero-order valence-corrected chi connectivity index (χ0v) is 16.9. The van der Waals surface area contributed by atoms with Crippen LogP contribution in [0.5, 0.6) is 0 Å². The van der Waals surface area contributed by atoms with Crippen molar-refractivity contribution in [3.05, 3.63) is 18.2 Å². The van der Waals surface area contributed by atoms with Gasteiger partial charge in [0.1, 0.15) is 5.82 Å². The van der Waals surface area contributed by atoms with Crippen LogP contribution in [0.2, 0.25) is 0 Å². The number of carbonyl (C=O) groups is 1. The Morgan fingerprint density at radius 3 is 2.58 bits per heavy atom. The third-order valence-electron chi connectivity index (χ3n) is 6.37. The highest BCUT2D eigenvalue weighted by atomic mass is 16.2. The SMILES string of the molecule is CN(C)CCCn1ccnc1C1CCN(C(=O)C2(C)CCCCC2)CC1. The lowest BCUT2D eigenvalue weighted by Gasteiger charge is -2.40. The van der Waals surface area contributed by atoms with Crippen molar-refractivity contribution in [2.24, 2.45) is 5.41 Å². The van der Waals surface area contributed by atoms with Gasteiger partial charge in [0.05, 0.1) is 0 Å². The number of nitrogens with zero attached hydrogens (tertiary/aromatic N) is 4. The number of aromatic nitrogens is 2. The fraction of sp³-hybridized carbons (Fsp3) is 0.810. The molecule has 0 radical (unpaired) electrons. The Morgan fingerprint density at radius 1 is 1.23 bits per heavy atom. The van der Waals surface area contributed by atoms with Gasteiger partial charge in [-0.1, -0.05) is 26.2 Å². The van der Waals surface area contributed by atoms with Crippen molar-refractivity contribution in [2.75, 3.05) is 33.7 Å².